The number of nitrogens with zero attached hydrogens (tertiary/aromatic N) is 2. The maximum absolute atomic E-state index is 12.5. The Hall–Kier alpha value is -2.30. The van der Waals surface area contributed by atoms with Crippen LogP contribution in [0.5, 0.6) is 11.8 Å². The Balaban J connectivity index is 1.45. The molecule has 0 amide bonds. The van der Waals surface area contributed by atoms with E-state index < -0.39 is 0 Å². The van der Waals surface area contributed by atoms with E-state index in [1.165, 1.54) is 32.1 Å². The summed E-state index contributed by atoms with van der Waals surface area (Å²) in [6.07, 6.45) is 10.1. The number of hydrogen-bond acceptors (Lipinski definition) is 4. The zero-order valence-electron chi connectivity index (χ0n) is 16.3. The molecule has 2 atom stereocenters. The second-order valence-electron chi connectivity index (χ2n) is 8.39. The Morgan fingerprint density at radius 3 is 2.64 bits per heavy atom. The summed E-state index contributed by atoms with van der Waals surface area (Å²) in [5.74, 6) is 1.37. The molecular formula is C23H28N2O3. The molecule has 2 unspecified atom stereocenters. The van der Waals surface area contributed by atoms with Gasteiger partial charge in [0.2, 0.25) is 0 Å². The minimum absolute atomic E-state index is 0.0151. The molecule has 5 rings (SSSR count). The van der Waals surface area contributed by atoms with Gasteiger partial charge in [-0.3, -0.25) is 9.36 Å². The van der Waals surface area contributed by atoms with Gasteiger partial charge >= 0.3 is 6.01 Å². The number of hydrogen-bond donors (Lipinski definition) is 0. The summed E-state index contributed by atoms with van der Waals surface area (Å²) in [6, 6.07) is 10.5. The molecule has 0 spiro atoms. The van der Waals surface area contributed by atoms with Crippen LogP contribution in [0.25, 0.3) is 0 Å². The lowest BCUT2D eigenvalue weighted by Gasteiger charge is -2.33. The van der Waals surface area contributed by atoms with Gasteiger partial charge in [0.1, 0.15) is 11.9 Å². The summed E-state index contributed by atoms with van der Waals surface area (Å²) < 4.78 is 14.9. The van der Waals surface area contributed by atoms with Crippen LogP contribution in [-0.2, 0) is 19.4 Å². The van der Waals surface area contributed by atoms with Crippen molar-refractivity contribution in [1.82, 2.24) is 9.55 Å². The third-order valence-electron chi connectivity index (χ3n) is 6.57. The van der Waals surface area contributed by atoms with Gasteiger partial charge in [0.05, 0.1) is 6.54 Å². The third-order valence-corrected chi connectivity index (χ3v) is 6.57. The maximum atomic E-state index is 12.5. The number of rotatable bonds is 4. The van der Waals surface area contributed by atoms with Crippen LogP contribution < -0.4 is 15.0 Å². The van der Waals surface area contributed by atoms with Crippen LogP contribution >= 0.6 is 0 Å². The number of benzene rings is 1. The Morgan fingerprint density at radius 2 is 1.82 bits per heavy atom. The molecule has 0 bridgehead atoms. The van der Waals surface area contributed by atoms with E-state index in [2.05, 4.69) is 9.55 Å². The molecule has 1 aromatic carbocycles. The van der Waals surface area contributed by atoms with Crippen LogP contribution in [0.1, 0.15) is 56.2 Å². The van der Waals surface area contributed by atoms with Crippen molar-refractivity contribution in [2.75, 3.05) is 0 Å². The molecule has 0 N–H and O–H groups in total. The minimum Gasteiger partial charge on any atom is -0.486 e. The standard InChI is InChI=1S/C23H28N2O3/c26-22-18-13-7-8-14-19(18)25-15-20(28-23(25)24-22)21(16-9-3-1-4-10-16)27-17-11-5-2-6-12-17/h2,5-6,11-12,16,20-21H,1,3-4,7-10,13-15H2. The summed E-state index contributed by atoms with van der Waals surface area (Å²) in [4.78, 5) is 16.7. The number of para-hydroxylation sites is 1. The van der Waals surface area contributed by atoms with E-state index in [9.17, 15) is 4.79 Å². The largest absolute Gasteiger partial charge is 0.486 e. The predicted octanol–water partition coefficient (Wildman–Crippen LogP) is 3.91. The van der Waals surface area contributed by atoms with E-state index in [0.717, 1.165) is 49.2 Å². The molecule has 148 valence electrons. The summed E-state index contributed by atoms with van der Waals surface area (Å²) in [5.41, 5.74) is 1.95. The van der Waals surface area contributed by atoms with E-state index in [1.54, 1.807) is 0 Å². The molecule has 1 aromatic heterocycles. The van der Waals surface area contributed by atoms with Gasteiger partial charge in [-0.25, -0.2) is 0 Å². The van der Waals surface area contributed by atoms with Gasteiger partial charge in [-0.1, -0.05) is 37.5 Å². The fourth-order valence-corrected chi connectivity index (χ4v) is 5.14. The van der Waals surface area contributed by atoms with E-state index >= 15 is 0 Å². The first-order valence-electron chi connectivity index (χ1n) is 10.8. The van der Waals surface area contributed by atoms with Gasteiger partial charge in [-0.05, 0) is 56.6 Å². The van der Waals surface area contributed by atoms with Crippen molar-refractivity contribution in [2.45, 2.75) is 76.5 Å². The quantitative estimate of drug-likeness (QED) is 0.807. The first-order chi connectivity index (χ1) is 13.8. The Labute approximate surface area is 165 Å². The molecule has 2 aliphatic carbocycles. The average molecular weight is 380 g/mol. The van der Waals surface area contributed by atoms with Crippen molar-refractivity contribution in [3.8, 4) is 11.8 Å². The highest BCUT2D eigenvalue weighted by Gasteiger charge is 2.39. The number of fused-ring (bicyclic) bond motifs is 3. The van der Waals surface area contributed by atoms with E-state index in [0.29, 0.717) is 11.9 Å². The second-order valence-corrected chi connectivity index (χ2v) is 8.39. The minimum atomic E-state index is -0.0974. The van der Waals surface area contributed by atoms with Gasteiger partial charge < -0.3 is 9.47 Å². The molecule has 2 heterocycles. The predicted molar refractivity (Wildman–Crippen MR) is 107 cm³/mol. The zero-order valence-corrected chi connectivity index (χ0v) is 16.3. The van der Waals surface area contributed by atoms with E-state index in [4.69, 9.17) is 9.47 Å². The molecule has 2 aromatic rings. The molecule has 5 nitrogen and oxygen atoms in total. The monoisotopic (exact) mass is 380 g/mol. The average Bonchev–Trinajstić information content (AvgIpc) is 3.17. The number of aromatic nitrogens is 2. The topological polar surface area (TPSA) is 53.4 Å². The highest BCUT2D eigenvalue weighted by Crippen LogP contribution is 2.35. The van der Waals surface area contributed by atoms with Gasteiger partial charge in [0.25, 0.3) is 5.56 Å². The zero-order chi connectivity index (χ0) is 18.9. The van der Waals surface area contributed by atoms with Crippen molar-refractivity contribution in [2.24, 2.45) is 5.92 Å². The van der Waals surface area contributed by atoms with Crippen molar-refractivity contribution >= 4 is 0 Å². The molecule has 0 radical (unpaired) electrons. The third kappa shape index (κ3) is 3.31. The molecule has 0 saturated heterocycles. The normalized spacial score (nSPS) is 22.8. The van der Waals surface area contributed by atoms with Crippen LogP contribution in [0.3, 0.4) is 0 Å². The molecule has 1 saturated carbocycles. The Bertz CT molecular complexity index is 887. The summed E-state index contributed by atoms with van der Waals surface area (Å²) in [5, 5.41) is 0. The highest BCUT2D eigenvalue weighted by molar-refractivity contribution is 5.27. The second kappa shape index (κ2) is 7.61. The Morgan fingerprint density at radius 1 is 1.04 bits per heavy atom. The van der Waals surface area contributed by atoms with Crippen LogP contribution in [-0.4, -0.2) is 21.8 Å². The van der Waals surface area contributed by atoms with E-state index in [1.807, 2.05) is 30.3 Å². The van der Waals surface area contributed by atoms with Crippen LogP contribution in [0.2, 0.25) is 0 Å². The van der Waals surface area contributed by atoms with Gasteiger partial charge in [0, 0.05) is 11.3 Å². The lowest BCUT2D eigenvalue weighted by Crippen LogP contribution is -2.42. The maximum Gasteiger partial charge on any atom is 0.300 e. The summed E-state index contributed by atoms with van der Waals surface area (Å²) in [6.45, 7) is 0.735. The fraction of sp³-hybridized carbons (Fsp3) is 0.565. The lowest BCUT2D eigenvalue weighted by atomic mass is 9.83. The fourth-order valence-electron chi connectivity index (χ4n) is 5.14. The Kier molecular flexibility index (Phi) is 4.83. The number of ether oxygens (including phenoxy) is 2. The van der Waals surface area contributed by atoms with Crippen LogP contribution in [0.4, 0.5) is 0 Å². The summed E-state index contributed by atoms with van der Waals surface area (Å²) >= 11 is 0. The smallest absolute Gasteiger partial charge is 0.300 e. The van der Waals surface area contributed by atoms with Crippen LogP contribution in [0, 0.1) is 5.92 Å². The van der Waals surface area contributed by atoms with Crippen molar-refractivity contribution in [3.63, 3.8) is 0 Å². The summed E-state index contributed by atoms with van der Waals surface area (Å²) in [7, 11) is 0. The van der Waals surface area contributed by atoms with Crippen LogP contribution in [0.15, 0.2) is 35.1 Å². The first kappa shape index (κ1) is 17.8. The van der Waals surface area contributed by atoms with Gasteiger partial charge in [-0.15, -0.1) is 0 Å². The first-order valence-corrected chi connectivity index (χ1v) is 10.8. The van der Waals surface area contributed by atoms with Crippen molar-refractivity contribution in [1.29, 1.82) is 0 Å². The molecule has 1 fully saturated rings. The molecule has 1 aliphatic heterocycles. The molecular weight excluding hydrogens is 352 g/mol. The van der Waals surface area contributed by atoms with Crippen molar-refractivity contribution < 1.29 is 9.47 Å². The highest BCUT2D eigenvalue weighted by atomic mass is 16.6. The molecule has 28 heavy (non-hydrogen) atoms. The lowest BCUT2D eigenvalue weighted by molar-refractivity contribution is 0.0116. The van der Waals surface area contributed by atoms with E-state index in [-0.39, 0.29) is 17.8 Å². The SMILES string of the molecule is O=c1nc2n(c3c1CCCC3)CC(C(Oc1ccccc1)C1CCCCC1)O2. The molecule has 3 aliphatic rings. The van der Waals surface area contributed by atoms with Crippen molar-refractivity contribution in [3.05, 3.63) is 51.9 Å². The van der Waals surface area contributed by atoms with Gasteiger partial charge in [-0.2, -0.15) is 4.98 Å². The molecule has 5 heteroatoms. The van der Waals surface area contributed by atoms with Gasteiger partial charge in [0.15, 0.2) is 6.10 Å².